The quantitative estimate of drug-likeness (QED) is 0.568. The third-order valence-electron chi connectivity index (χ3n) is 5.95. The lowest BCUT2D eigenvalue weighted by atomic mass is 10.00. The SMILES string of the molecule is CCCN(CCCOc1cccc2c1OCCC2)C1COc2cccc(OC)c2C1. The summed E-state index contributed by atoms with van der Waals surface area (Å²) in [5.74, 6) is 3.71. The van der Waals surface area contributed by atoms with Gasteiger partial charge in [0.25, 0.3) is 0 Å². The molecule has 1 unspecified atom stereocenters. The van der Waals surface area contributed by atoms with Crippen molar-refractivity contribution >= 4 is 0 Å². The van der Waals surface area contributed by atoms with Gasteiger partial charge in [0.05, 0.1) is 20.3 Å². The third kappa shape index (κ3) is 4.67. The van der Waals surface area contributed by atoms with E-state index >= 15 is 0 Å². The molecule has 0 aliphatic carbocycles. The third-order valence-corrected chi connectivity index (χ3v) is 5.95. The molecule has 1 atom stereocenters. The summed E-state index contributed by atoms with van der Waals surface area (Å²) in [5.41, 5.74) is 2.44. The molecule has 0 spiro atoms. The fourth-order valence-corrected chi connectivity index (χ4v) is 4.47. The highest BCUT2D eigenvalue weighted by atomic mass is 16.5. The smallest absolute Gasteiger partial charge is 0.164 e. The summed E-state index contributed by atoms with van der Waals surface area (Å²) in [6, 6.07) is 12.6. The molecule has 162 valence electrons. The fraction of sp³-hybridized carbons (Fsp3) is 0.520. The Labute approximate surface area is 179 Å². The highest BCUT2D eigenvalue weighted by Crippen LogP contribution is 2.35. The Bertz CT molecular complexity index is 824. The van der Waals surface area contributed by atoms with Crippen LogP contribution in [0.3, 0.4) is 0 Å². The molecule has 0 amide bonds. The average Bonchev–Trinajstić information content (AvgIpc) is 2.80. The minimum Gasteiger partial charge on any atom is -0.496 e. The molecule has 0 saturated heterocycles. The number of hydrogen-bond donors (Lipinski definition) is 0. The van der Waals surface area contributed by atoms with E-state index in [4.69, 9.17) is 18.9 Å². The van der Waals surface area contributed by atoms with Crippen molar-refractivity contribution in [2.75, 3.05) is 40.0 Å². The van der Waals surface area contributed by atoms with Crippen molar-refractivity contribution in [3.8, 4) is 23.0 Å². The van der Waals surface area contributed by atoms with E-state index in [0.717, 1.165) is 81.4 Å². The van der Waals surface area contributed by atoms with Gasteiger partial charge in [-0.25, -0.2) is 0 Å². The first-order valence-corrected chi connectivity index (χ1v) is 11.2. The second-order valence-electron chi connectivity index (χ2n) is 8.04. The van der Waals surface area contributed by atoms with Crippen molar-refractivity contribution in [2.24, 2.45) is 0 Å². The number of ether oxygens (including phenoxy) is 4. The zero-order valence-corrected chi connectivity index (χ0v) is 18.2. The Morgan fingerprint density at radius 1 is 1.07 bits per heavy atom. The van der Waals surface area contributed by atoms with Gasteiger partial charge in [0, 0.05) is 18.2 Å². The molecular weight excluding hydrogens is 378 g/mol. The molecule has 0 radical (unpaired) electrons. The molecular formula is C25H33NO4. The zero-order valence-electron chi connectivity index (χ0n) is 18.2. The molecule has 2 aromatic rings. The number of nitrogens with zero attached hydrogens (tertiary/aromatic N) is 1. The van der Waals surface area contributed by atoms with E-state index in [1.165, 1.54) is 11.1 Å². The van der Waals surface area contributed by atoms with E-state index in [-0.39, 0.29) is 0 Å². The number of hydrogen-bond acceptors (Lipinski definition) is 5. The zero-order chi connectivity index (χ0) is 20.8. The highest BCUT2D eigenvalue weighted by molar-refractivity contribution is 5.48. The standard InChI is InChI=1S/C25H33NO4/c1-3-13-26(20-17-21-22(27-2)10-5-11-23(21)30-18-20)14-7-16-28-24-12-4-8-19-9-6-15-29-25(19)24/h4-5,8,10-12,20H,3,6-7,9,13-18H2,1-2H3. The van der Waals surface area contributed by atoms with Crippen molar-refractivity contribution < 1.29 is 18.9 Å². The average molecular weight is 412 g/mol. The van der Waals surface area contributed by atoms with E-state index in [1.807, 2.05) is 24.3 Å². The van der Waals surface area contributed by atoms with Crippen LogP contribution in [0.5, 0.6) is 23.0 Å². The van der Waals surface area contributed by atoms with E-state index in [9.17, 15) is 0 Å². The van der Waals surface area contributed by atoms with Crippen molar-refractivity contribution in [3.05, 3.63) is 47.5 Å². The van der Waals surface area contributed by atoms with Crippen LogP contribution < -0.4 is 18.9 Å². The second kappa shape index (κ2) is 10.1. The van der Waals surface area contributed by atoms with Crippen molar-refractivity contribution in [1.82, 2.24) is 4.90 Å². The summed E-state index contributed by atoms with van der Waals surface area (Å²) in [4.78, 5) is 2.54. The lowest BCUT2D eigenvalue weighted by Gasteiger charge is -2.35. The van der Waals surface area contributed by atoms with Crippen LogP contribution in [0.4, 0.5) is 0 Å². The number of methoxy groups -OCH3 is 1. The van der Waals surface area contributed by atoms with Gasteiger partial charge in [-0.05, 0) is 62.4 Å². The number of rotatable bonds is 9. The summed E-state index contributed by atoms with van der Waals surface area (Å²) in [5, 5.41) is 0. The van der Waals surface area contributed by atoms with Crippen molar-refractivity contribution in [3.63, 3.8) is 0 Å². The monoisotopic (exact) mass is 411 g/mol. The van der Waals surface area contributed by atoms with Crippen molar-refractivity contribution in [2.45, 2.75) is 45.1 Å². The Hall–Kier alpha value is -2.40. The van der Waals surface area contributed by atoms with E-state index in [0.29, 0.717) is 12.6 Å². The predicted molar refractivity (Wildman–Crippen MR) is 118 cm³/mol. The number of para-hydroxylation sites is 1. The maximum Gasteiger partial charge on any atom is 0.164 e. The van der Waals surface area contributed by atoms with Gasteiger partial charge in [-0.1, -0.05) is 25.1 Å². The van der Waals surface area contributed by atoms with Crippen LogP contribution in [0, 0.1) is 0 Å². The van der Waals surface area contributed by atoms with Crippen LogP contribution in [0.1, 0.15) is 37.3 Å². The Kier molecular flexibility index (Phi) is 7.00. The summed E-state index contributed by atoms with van der Waals surface area (Å²) in [7, 11) is 1.73. The molecule has 2 aliphatic rings. The fourth-order valence-electron chi connectivity index (χ4n) is 4.47. The minimum absolute atomic E-state index is 0.363. The lowest BCUT2D eigenvalue weighted by molar-refractivity contribution is 0.111. The molecule has 0 fully saturated rings. The van der Waals surface area contributed by atoms with Gasteiger partial charge >= 0.3 is 0 Å². The minimum atomic E-state index is 0.363. The molecule has 30 heavy (non-hydrogen) atoms. The first kappa shape index (κ1) is 20.9. The Morgan fingerprint density at radius 3 is 2.80 bits per heavy atom. The second-order valence-corrected chi connectivity index (χ2v) is 8.04. The lowest BCUT2D eigenvalue weighted by Crippen LogP contribution is -2.44. The van der Waals surface area contributed by atoms with Crippen LogP contribution in [0.2, 0.25) is 0 Å². The van der Waals surface area contributed by atoms with E-state index < -0.39 is 0 Å². The summed E-state index contributed by atoms with van der Waals surface area (Å²) < 4.78 is 23.6. The van der Waals surface area contributed by atoms with E-state index in [2.05, 4.69) is 24.0 Å². The van der Waals surface area contributed by atoms with Crippen LogP contribution in [0.15, 0.2) is 36.4 Å². The molecule has 0 saturated carbocycles. The molecule has 2 aromatic carbocycles. The normalized spacial score (nSPS) is 17.5. The molecule has 0 bridgehead atoms. The predicted octanol–water partition coefficient (Wildman–Crippen LogP) is 4.50. The highest BCUT2D eigenvalue weighted by Gasteiger charge is 2.27. The molecule has 0 aromatic heterocycles. The van der Waals surface area contributed by atoms with Crippen LogP contribution >= 0.6 is 0 Å². The summed E-state index contributed by atoms with van der Waals surface area (Å²) >= 11 is 0. The van der Waals surface area contributed by atoms with Crippen molar-refractivity contribution in [1.29, 1.82) is 0 Å². The molecule has 5 nitrogen and oxygen atoms in total. The summed E-state index contributed by atoms with van der Waals surface area (Å²) in [6.45, 7) is 6.47. The molecule has 2 heterocycles. The summed E-state index contributed by atoms with van der Waals surface area (Å²) in [6.07, 6.45) is 5.21. The van der Waals surface area contributed by atoms with Gasteiger partial charge in [0.15, 0.2) is 11.5 Å². The molecule has 5 heteroatoms. The van der Waals surface area contributed by atoms with Gasteiger partial charge in [0.1, 0.15) is 18.1 Å². The van der Waals surface area contributed by atoms with Gasteiger partial charge in [-0.2, -0.15) is 0 Å². The Balaban J connectivity index is 1.33. The first-order chi connectivity index (χ1) is 14.8. The number of aryl methyl sites for hydroxylation is 1. The van der Waals surface area contributed by atoms with Gasteiger partial charge in [-0.3, -0.25) is 4.90 Å². The Morgan fingerprint density at radius 2 is 1.93 bits per heavy atom. The van der Waals surface area contributed by atoms with Crippen LogP contribution in [0.25, 0.3) is 0 Å². The molecule has 0 N–H and O–H groups in total. The molecule has 2 aliphatic heterocycles. The molecule has 4 rings (SSSR count). The largest absolute Gasteiger partial charge is 0.496 e. The first-order valence-electron chi connectivity index (χ1n) is 11.2. The van der Waals surface area contributed by atoms with Gasteiger partial charge in [0.2, 0.25) is 0 Å². The van der Waals surface area contributed by atoms with E-state index in [1.54, 1.807) is 7.11 Å². The number of fused-ring (bicyclic) bond motifs is 2. The van der Waals surface area contributed by atoms with Crippen LogP contribution in [-0.2, 0) is 12.8 Å². The van der Waals surface area contributed by atoms with Gasteiger partial charge in [-0.15, -0.1) is 0 Å². The topological polar surface area (TPSA) is 40.2 Å². The maximum atomic E-state index is 6.11. The van der Waals surface area contributed by atoms with Gasteiger partial charge < -0.3 is 18.9 Å². The van der Waals surface area contributed by atoms with Crippen LogP contribution in [-0.4, -0.2) is 51.0 Å². The number of benzene rings is 2. The maximum absolute atomic E-state index is 6.11.